The van der Waals surface area contributed by atoms with E-state index in [4.69, 9.17) is 16.3 Å². The predicted molar refractivity (Wildman–Crippen MR) is 74.6 cm³/mol. The van der Waals surface area contributed by atoms with Crippen molar-refractivity contribution in [2.24, 2.45) is 0 Å². The smallest absolute Gasteiger partial charge is 0.148 e. The summed E-state index contributed by atoms with van der Waals surface area (Å²) in [4.78, 5) is 0. The van der Waals surface area contributed by atoms with Gasteiger partial charge < -0.3 is 4.74 Å². The Morgan fingerprint density at radius 2 is 2.06 bits per heavy atom. The van der Waals surface area contributed by atoms with Gasteiger partial charge in [-0.2, -0.15) is 0 Å². The first kappa shape index (κ1) is 13.4. The maximum absolute atomic E-state index is 13.6. The fourth-order valence-electron chi connectivity index (χ4n) is 1.59. The van der Waals surface area contributed by atoms with Gasteiger partial charge in [0.05, 0.1) is 5.02 Å². The number of rotatable bonds is 3. The highest BCUT2D eigenvalue weighted by atomic mass is 79.9. The van der Waals surface area contributed by atoms with Crippen molar-refractivity contribution in [3.8, 4) is 5.75 Å². The van der Waals surface area contributed by atoms with Crippen LogP contribution in [0, 0.1) is 12.7 Å². The lowest BCUT2D eigenvalue weighted by Gasteiger charge is -2.10. The fourth-order valence-corrected chi connectivity index (χ4v) is 2.26. The molecular formula is C14H11BrClFO. The molecule has 0 aliphatic heterocycles. The van der Waals surface area contributed by atoms with Crippen LogP contribution in [0.15, 0.2) is 40.9 Å². The second kappa shape index (κ2) is 5.72. The first-order valence-electron chi connectivity index (χ1n) is 5.40. The minimum Gasteiger partial charge on any atom is -0.489 e. The second-order valence-electron chi connectivity index (χ2n) is 3.91. The highest BCUT2D eigenvalue weighted by Crippen LogP contribution is 2.24. The van der Waals surface area contributed by atoms with Crippen LogP contribution in [0.3, 0.4) is 0 Å². The van der Waals surface area contributed by atoms with Crippen LogP contribution < -0.4 is 4.74 Å². The molecule has 0 aromatic heterocycles. The third-order valence-electron chi connectivity index (χ3n) is 2.55. The summed E-state index contributed by atoms with van der Waals surface area (Å²) in [7, 11) is 0. The summed E-state index contributed by atoms with van der Waals surface area (Å²) in [6.07, 6.45) is 0. The van der Waals surface area contributed by atoms with Crippen LogP contribution >= 0.6 is 27.5 Å². The molecule has 2 aromatic carbocycles. The predicted octanol–water partition coefficient (Wildman–Crippen LogP) is 5.13. The standard InChI is InChI=1S/C14H11BrClFO/c1-9-7-11(15)5-6-13(9)18-8-10-3-2-4-12(16)14(10)17/h2-7H,8H2,1H3. The molecule has 0 saturated heterocycles. The molecule has 0 spiro atoms. The molecule has 4 heteroatoms. The summed E-state index contributed by atoms with van der Waals surface area (Å²) < 4.78 is 20.2. The van der Waals surface area contributed by atoms with E-state index in [-0.39, 0.29) is 11.6 Å². The molecule has 2 aromatic rings. The Bertz CT molecular complexity index is 572. The zero-order valence-corrected chi connectivity index (χ0v) is 12.1. The molecule has 0 atom stereocenters. The van der Waals surface area contributed by atoms with Crippen molar-refractivity contribution in [2.45, 2.75) is 13.5 Å². The van der Waals surface area contributed by atoms with Crippen molar-refractivity contribution in [2.75, 3.05) is 0 Å². The average Bonchev–Trinajstić information content (AvgIpc) is 2.33. The van der Waals surface area contributed by atoms with Gasteiger partial charge in [0.15, 0.2) is 0 Å². The van der Waals surface area contributed by atoms with Gasteiger partial charge in [-0.05, 0) is 36.8 Å². The summed E-state index contributed by atoms with van der Waals surface area (Å²) in [5, 5.41) is 0.114. The molecule has 0 bridgehead atoms. The van der Waals surface area contributed by atoms with Crippen LogP contribution in [0.2, 0.25) is 5.02 Å². The van der Waals surface area contributed by atoms with E-state index in [0.29, 0.717) is 5.56 Å². The van der Waals surface area contributed by atoms with Crippen molar-refractivity contribution in [3.05, 3.63) is 62.8 Å². The van der Waals surface area contributed by atoms with E-state index in [2.05, 4.69) is 15.9 Å². The number of hydrogen-bond donors (Lipinski definition) is 0. The van der Waals surface area contributed by atoms with Gasteiger partial charge in [0, 0.05) is 10.0 Å². The Labute approximate surface area is 119 Å². The molecule has 0 unspecified atom stereocenters. The summed E-state index contributed by atoms with van der Waals surface area (Å²) in [5.74, 6) is 0.312. The van der Waals surface area contributed by atoms with Gasteiger partial charge in [0.1, 0.15) is 18.2 Å². The minimum atomic E-state index is -0.422. The van der Waals surface area contributed by atoms with E-state index in [9.17, 15) is 4.39 Å². The molecule has 94 valence electrons. The Morgan fingerprint density at radius 1 is 1.28 bits per heavy atom. The van der Waals surface area contributed by atoms with E-state index in [1.165, 1.54) is 6.07 Å². The first-order chi connectivity index (χ1) is 8.58. The Balaban J connectivity index is 2.14. The molecule has 0 heterocycles. The molecule has 2 rings (SSSR count). The summed E-state index contributed by atoms with van der Waals surface area (Å²) >= 11 is 9.09. The van der Waals surface area contributed by atoms with Crippen molar-refractivity contribution in [1.82, 2.24) is 0 Å². The lowest BCUT2D eigenvalue weighted by atomic mass is 10.2. The minimum absolute atomic E-state index is 0.114. The molecule has 1 nitrogen and oxygen atoms in total. The maximum Gasteiger partial charge on any atom is 0.148 e. The van der Waals surface area contributed by atoms with Crippen LogP contribution in [0.1, 0.15) is 11.1 Å². The van der Waals surface area contributed by atoms with Gasteiger partial charge in [-0.15, -0.1) is 0 Å². The van der Waals surface area contributed by atoms with Gasteiger partial charge in [-0.1, -0.05) is 39.7 Å². The first-order valence-corrected chi connectivity index (χ1v) is 6.57. The zero-order valence-electron chi connectivity index (χ0n) is 9.71. The van der Waals surface area contributed by atoms with Gasteiger partial charge >= 0.3 is 0 Å². The number of halogens is 3. The van der Waals surface area contributed by atoms with Gasteiger partial charge in [0.2, 0.25) is 0 Å². The Hall–Kier alpha value is -1.06. The number of ether oxygens (including phenoxy) is 1. The molecular weight excluding hydrogens is 319 g/mol. The van der Waals surface area contributed by atoms with Crippen LogP contribution in [-0.2, 0) is 6.61 Å². The second-order valence-corrected chi connectivity index (χ2v) is 5.23. The number of hydrogen-bond acceptors (Lipinski definition) is 1. The highest BCUT2D eigenvalue weighted by Gasteiger charge is 2.07. The zero-order chi connectivity index (χ0) is 13.1. The van der Waals surface area contributed by atoms with Gasteiger partial charge in [-0.25, -0.2) is 4.39 Å². The van der Waals surface area contributed by atoms with Gasteiger partial charge in [0.25, 0.3) is 0 Å². The molecule has 0 aliphatic rings. The third kappa shape index (κ3) is 3.03. The lowest BCUT2D eigenvalue weighted by Crippen LogP contribution is -2.00. The van der Waals surface area contributed by atoms with Crippen molar-refractivity contribution in [1.29, 1.82) is 0 Å². The largest absolute Gasteiger partial charge is 0.489 e. The number of benzene rings is 2. The average molecular weight is 330 g/mol. The van der Waals surface area contributed by atoms with Crippen LogP contribution in [0.4, 0.5) is 4.39 Å². The molecule has 18 heavy (non-hydrogen) atoms. The molecule has 0 N–H and O–H groups in total. The lowest BCUT2D eigenvalue weighted by molar-refractivity contribution is 0.298. The van der Waals surface area contributed by atoms with E-state index in [1.807, 2.05) is 25.1 Å². The normalized spacial score (nSPS) is 10.4. The van der Waals surface area contributed by atoms with Crippen LogP contribution in [-0.4, -0.2) is 0 Å². The third-order valence-corrected chi connectivity index (χ3v) is 3.34. The molecule has 0 saturated carbocycles. The van der Waals surface area contributed by atoms with E-state index in [0.717, 1.165) is 15.8 Å². The van der Waals surface area contributed by atoms with Crippen LogP contribution in [0.25, 0.3) is 0 Å². The quantitative estimate of drug-likeness (QED) is 0.758. The van der Waals surface area contributed by atoms with E-state index < -0.39 is 5.82 Å². The Kier molecular flexibility index (Phi) is 4.25. The highest BCUT2D eigenvalue weighted by molar-refractivity contribution is 9.10. The SMILES string of the molecule is Cc1cc(Br)ccc1OCc1cccc(Cl)c1F. The van der Waals surface area contributed by atoms with Crippen molar-refractivity contribution < 1.29 is 9.13 Å². The van der Waals surface area contributed by atoms with Crippen LogP contribution in [0.5, 0.6) is 5.75 Å². The maximum atomic E-state index is 13.6. The molecule has 0 fully saturated rings. The monoisotopic (exact) mass is 328 g/mol. The van der Waals surface area contributed by atoms with Crippen molar-refractivity contribution >= 4 is 27.5 Å². The number of aryl methyl sites for hydroxylation is 1. The molecule has 0 amide bonds. The van der Waals surface area contributed by atoms with Gasteiger partial charge in [-0.3, -0.25) is 0 Å². The van der Waals surface area contributed by atoms with E-state index in [1.54, 1.807) is 12.1 Å². The van der Waals surface area contributed by atoms with E-state index >= 15 is 0 Å². The molecule has 0 radical (unpaired) electrons. The molecule has 0 aliphatic carbocycles. The topological polar surface area (TPSA) is 9.23 Å². The van der Waals surface area contributed by atoms with Crippen molar-refractivity contribution in [3.63, 3.8) is 0 Å². The summed E-state index contributed by atoms with van der Waals surface area (Å²) in [6.45, 7) is 2.10. The summed E-state index contributed by atoms with van der Waals surface area (Å²) in [6, 6.07) is 10.6. The Morgan fingerprint density at radius 3 is 2.78 bits per heavy atom. The summed E-state index contributed by atoms with van der Waals surface area (Å²) in [5.41, 5.74) is 1.44. The fraction of sp³-hybridized carbons (Fsp3) is 0.143.